The Bertz CT molecular complexity index is 694. The highest BCUT2D eigenvalue weighted by molar-refractivity contribution is 5.78. The quantitative estimate of drug-likeness (QED) is 0.815. The number of piperidine rings is 1. The molecule has 2 fully saturated rings. The smallest absolute Gasteiger partial charge is 0.260 e. The van der Waals surface area contributed by atoms with Gasteiger partial charge in [-0.05, 0) is 30.4 Å². The first-order chi connectivity index (χ1) is 9.76. The number of hydrogen-bond acceptors (Lipinski definition) is 4. The Morgan fingerprint density at radius 2 is 1.90 bits per heavy atom. The van der Waals surface area contributed by atoms with Gasteiger partial charge in [0.05, 0.1) is 10.9 Å². The molecule has 0 aliphatic carbocycles. The van der Waals surface area contributed by atoms with Crippen LogP contribution in [0.3, 0.4) is 0 Å². The highest BCUT2D eigenvalue weighted by Gasteiger charge is 2.39. The number of H-pyrrole nitrogens is 1. The Hall–Kier alpha value is -1.88. The van der Waals surface area contributed by atoms with Gasteiger partial charge in [-0.25, -0.2) is 4.98 Å². The Labute approximate surface area is 117 Å². The van der Waals surface area contributed by atoms with Gasteiger partial charge in [0, 0.05) is 26.2 Å². The van der Waals surface area contributed by atoms with Gasteiger partial charge in [0.2, 0.25) is 5.95 Å². The van der Waals surface area contributed by atoms with E-state index in [-0.39, 0.29) is 5.56 Å². The number of aromatic nitrogens is 2. The molecule has 0 bridgehead atoms. The summed E-state index contributed by atoms with van der Waals surface area (Å²) in [7, 11) is 0. The molecule has 104 valence electrons. The topological polar surface area (TPSA) is 61.0 Å². The summed E-state index contributed by atoms with van der Waals surface area (Å²) < 4.78 is 0. The largest absolute Gasteiger partial charge is 0.342 e. The van der Waals surface area contributed by atoms with Crippen molar-refractivity contribution < 1.29 is 0 Å². The first kappa shape index (κ1) is 11.9. The molecule has 0 amide bonds. The van der Waals surface area contributed by atoms with Crippen molar-refractivity contribution in [2.24, 2.45) is 5.41 Å². The summed E-state index contributed by atoms with van der Waals surface area (Å²) in [5.41, 5.74) is 1.24. The molecule has 5 heteroatoms. The van der Waals surface area contributed by atoms with E-state index < -0.39 is 0 Å². The number of aromatic amines is 1. The summed E-state index contributed by atoms with van der Waals surface area (Å²) >= 11 is 0. The predicted molar refractivity (Wildman–Crippen MR) is 79.1 cm³/mol. The molecule has 2 aromatic rings. The first-order valence-corrected chi connectivity index (χ1v) is 7.21. The maximum Gasteiger partial charge on any atom is 0.260 e. The number of nitrogens with one attached hydrogen (secondary N) is 2. The van der Waals surface area contributed by atoms with Gasteiger partial charge in [-0.15, -0.1) is 0 Å². The third-order valence-corrected chi connectivity index (χ3v) is 4.72. The molecule has 2 aliphatic rings. The summed E-state index contributed by atoms with van der Waals surface area (Å²) in [6.45, 7) is 4.23. The van der Waals surface area contributed by atoms with Gasteiger partial charge in [0.25, 0.3) is 5.56 Å². The molecule has 3 heterocycles. The molecule has 4 rings (SSSR count). The number of fused-ring (bicyclic) bond motifs is 1. The molecule has 0 saturated carbocycles. The number of benzene rings is 1. The molecule has 1 aromatic carbocycles. The van der Waals surface area contributed by atoms with E-state index in [2.05, 4.69) is 20.2 Å². The lowest BCUT2D eigenvalue weighted by atomic mass is 9.73. The van der Waals surface area contributed by atoms with Crippen molar-refractivity contribution in [2.45, 2.75) is 12.8 Å². The first-order valence-electron chi connectivity index (χ1n) is 7.21. The number of anilines is 1. The summed E-state index contributed by atoms with van der Waals surface area (Å²) in [4.78, 5) is 21.8. The second kappa shape index (κ2) is 4.31. The molecule has 20 heavy (non-hydrogen) atoms. The summed E-state index contributed by atoms with van der Waals surface area (Å²) in [5, 5.41) is 4.03. The van der Waals surface area contributed by atoms with E-state index in [4.69, 9.17) is 0 Å². The van der Waals surface area contributed by atoms with Gasteiger partial charge in [-0.2, -0.15) is 0 Å². The monoisotopic (exact) mass is 270 g/mol. The fourth-order valence-corrected chi connectivity index (χ4v) is 3.25. The molecule has 5 nitrogen and oxygen atoms in total. The maximum atomic E-state index is 12.1. The molecule has 0 unspecified atom stereocenters. The van der Waals surface area contributed by atoms with Crippen LogP contribution < -0.4 is 15.8 Å². The second-order valence-electron chi connectivity index (χ2n) is 6.00. The van der Waals surface area contributed by atoms with Crippen molar-refractivity contribution >= 4 is 16.9 Å². The summed E-state index contributed by atoms with van der Waals surface area (Å²) in [6, 6.07) is 7.50. The van der Waals surface area contributed by atoms with Crippen molar-refractivity contribution in [3.8, 4) is 0 Å². The Morgan fingerprint density at radius 1 is 1.15 bits per heavy atom. The van der Waals surface area contributed by atoms with E-state index in [0.717, 1.165) is 37.6 Å². The standard InChI is InChI=1S/C15H18N4O/c20-13-11-3-1-2-4-12(11)17-14(18-13)19-7-5-15(6-8-19)9-16-10-15/h1-4,16H,5-10H2,(H,17,18,20). The Balaban J connectivity index is 1.64. The van der Waals surface area contributed by atoms with Gasteiger partial charge in [0.15, 0.2) is 0 Å². The van der Waals surface area contributed by atoms with Crippen LogP contribution in [-0.2, 0) is 0 Å². The predicted octanol–water partition coefficient (Wildman–Crippen LogP) is 1.11. The molecule has 2 saturated heterocycles. The van der Waals surface area contributed by atoms with Crippen LogP contribution in [0.4, 0.5) is 5.95 Å². The average molecular weight is 270 g/mol. The molecular weight excluding hydrogens is 252 g/mol. The van der Waals surface area contributed by atoms with Gasteiger partial charge in [-0.3, -0.25) is 9.78 Å². The molecule has 1 spiro atoms. The van der Waals surface area contributed by atoms with Crippen LogP contribution in [0.15, 0.2) is 29.1 Å². The minimum absolute atomic E-state index is 0.0452. The lowest BCUT2D eigenvalue weighted by Crippen LogP contribution is -2.58. The average Bonchev–Trinajstić information content (AvgIpc) is 2.46. The highest BCUT2D eigenvalue weighted by Crippen LogP contribution is 2.35. The Morgan fingerprint density at radius 3 is 2.60 bits per heavy atom. The van der Waals surface area contributed by atoms with Crippen LogP contribution in [0.1, 0.15) is 12.8 Å². The van der Waals surface area contributed by atoms with Gasteiger partial charge >= 0.3 is 0 Å². The third kappa shape index (κ3) is 1.81. The van der Waals surface area contributed by atoms with Crippen LogP contribution in [-0.4, -0.2) is 36.1 Å². The molecule has 2 N–H and O–H groups in total. The Kier molecular flexibility index (Phi) is 2.57. The van der Waals surface area contributed by atoms with Crippen molar-refractivity contribution in [2.75, 3.05) is 31.1 Å². The lowest BCUT2D eigenvalue weighted by Gasteiger charge is -2.48. The van der Waals surface area contributed by atoms with E-state index in [1.807, 2.05) is 24.3 Å². The van der Waals surface area contributed by atoms with Crippen LogP contribution in [0.5, 0.6) is 0 Å². The maximum absolute atomic E-state index is 12.1. The van der Waals surface area contributed by atoms with E-state index >= 15 is 0 Å². The zero-order chi connectivity index (χ0) is 13.6. The lowest BCUT2D eigenvalue weighted by molar-refractivity contribution is 0.126. The number of nitrogens with zero attached hydrogens (tertiary/aromatic N) is 2. The van der Waals surface area contributed by atoms with Gasteiger partial charge < -0.3 is 10.2 Å². The molecule has 0 atom stereocenters. The molecule has 0 radical (unpaired) electrons. The number of rotatable bonds is 1. The summed E-state index contributed by atoms with van der Waals surface area (Å²) in [5.74, 6) is 0.718. The van der Waals surface area contributed by atoms with Crippen LogP contribution >= 0.6 is 0 Å². The third-order valence-electron chi connectivity index (χ3n) is 4.72. The van der Waals surface area contributed by atoms with Crippen LogP contribution in [0.25, 0.3) is 10.9 Å². The molecule has 2 aliphatic heterocycles. The fraction of sp³-hybridized carbons (Fsp3) is 0.467. The molecular formula is C15H18N4O. The normalized spacial score (nSPS) is 21.1. The van der Waals surface area contributed by atoms with Gasteiger partial charge in [-0.1, -0.05) is 12.1 Å². The summed E-state index contributed by atoms with van der Waals surface area (Å²) in [6.07, 6.45) is 2.35. The van der Waals surface area contributed by atoms with Crippen molar-refractivity contribution in [3.05, 3.63) is 34.6 Å². The number of hydrogen-bond donors (Lipinski definition) is 2. The van der Waals surface area contributed by atoms with E-state index in [1.165, 1.54) is 12.8 Å². The SMILES string of the molecule is O=c1[nH]c(N2CCC3(CC2)CNC3)nc2ccccc12. The zero-order valence-electron chi connectivity index (χ0n) is 11.4. The minimum Gasteiger partial charge on any atom is -0.342 e. The number of para-hydroxylation sites is 1. The minimum atomic E-state index is -0.0452. The van der Waals surface area contributed by atoms with Gasteiger partial charge in [0.1, 0.15) is 0 Å². The highest BCUT2D eigenvalue weighted by atomic mass is 16.1. The van der Waals surface area contributed by atoms with E-state index in [9.17, 15) is 4.79 Å². The van der Waals surface area contributed by atoms with Crippen LogP contribution in [0.2, 0.25) is 0 Å². The zero-order valence-corrected chi connectivity index (χ0v) is 11.4. The van der Waals surface area contributed by atoms with Crippen molar-refractivity contribution in [1.82, 2.24) is 15.3 Å². The second-order valence-corrected chi connectivity index (χ2v) is 6.00. The van der Waals surface area contributed by atoms with Crippen molar-refractivity contribution in [3.63, 3.8) is 0 Å². The fourth-order valence-electron chi connectivity index (χ4n) is 3.25. The van der Waals surface area contributed by atoms with Crippen LogP contribution in [0, 0.1) is 5.41 Å². The molecule has 1 aromatic heterocycles. The van der Waals surface area contributed by atoms with E-state index in [0.29, 0.717) is 10.8 Å². The van der Waals surface area contributed by atoms with Crippen molar-refractivity contribution in [1.29, 1.82) is 0 Å². The van der Waals surface area contributed by atoms with E-state index in [1.54, 1.807) is 0 Å².